The van der Waals surface area contributed by atoms with Crippen LogP contribution in [0.25, 0.3) is 10.8 Å². The van der Waals surface area contributed by atoms with Crippen molar-refractivity contribution in [2.24, 2.45) is 0 Å². The van der Waals surface area contributed by atoms with Gasteiger partial charge in [-0.25, -0.2) is 14.6 Å². The number of pyridine rings is 1. The summed E-state index contributed by atoms with van der Waals surface area (Å²) in [6.07, 6.45) is 1.58. The van der Waals surface area contributed by atoms with Gasteiger partial charge in [0, 0.05) is 23.3 Å². The van der Waals surface area contributed by atoms with Gasteiger partial charge >= 0.3 is 0 Å². The number of rotatable bonds is 4. The molecule has 1 heterocycles. The fourth-order valence-electron chi connectivity index (χ4n) is 2.35. The predicted molar refractivity (Wildman–Crippen MR) is 88.8 cm³/mol. The van der Waals surface area contributed by atoms with E-state index in [0.29, 0.717) is 16.9 Å². The molecule has 3 N–H and O–H groups in total. The molecule has 3 aromatic rings. The summed E-state index contributed by atoms with van der Waals surface area (Å²) in [7, 11) is 1.41. The lowest BCUT2D eigenvalue weighted by atomic mass is 10.1. The summed E-state index contributed by atoms with van der Waals surface area (Å²) in [4.78, 5) is 4.23. The number of hydrogen-bond acceptors (Lipinski definition) is 5. The van der Waals surface area contributed by atoms with Gasteiger partial charge in [0.2, 0.25) is 5.69 Å². The molecule has 1 unspecified atom stereocenters. The van der Waals surface area contributed by atoms with Crippen molar-refractivity contribution in [1.82, 2.24) is 4.98 Å². The van der Waals surface area contributed by atoms with Gasteiger partial charge in [-0.2, -0.15) is 5.23 Å². The van der Waals surface area contributed by atoms with Gasteiger partial charge in [-0.05, 0) is 35.7 Å². The summed E-state index contributed by atoms with van der Waals surface area (Å²) < 4.78 is 18.4. The van der Waals surface area contributed by atoms with Gasteiger partial charge in [0.1, 0.15) is 11.6 Å². The second-order valence-electron chi connectivity index (χ2n) is 4.99. The van der Waals surface area contributed by atoms with E-state index < -0.39 is 11.0 Å². The van der Waals surface area contributed by atoms with Gasteiger partial charge in [-0.3, -0.25) is 0 Å². The average molecular weight is 350 g/mol. The van der Waals surface area contributed by atoms with Gasteiger partial charge in [-0.1, -0.05) is 11.6 Å². The first-order chi connectivity index (χ1) is 11.5. The predicted octanol–water partition coefficient (Wildman–Crippen LogP) is 3.18. The smallest absolute Gasteiger partial charge is 0.206 e. The summed E-state index contributed by atoms with van der Waals surface area (Å²) in [5, 5.41) is 24.0. The quantitative estimate of drug-likeness (QED) is 0.630. The van der Waals surface area contributed by atoms with Crippen molar-refractivity contribution in [2.75, 3.05) is 12.4 Å². The topological polar surface area (TPSA) is 81.9 Å². The number of hydrogen-bond donors (Lipinski definition) is 3. The Morgan fingerprint density at radius 3 is 2.75 bits per heavy atom. The minimum Gasteiger partial charge on any atom is -0.595 e. The normalized spacial score (nSPS) is 12.2. The molecule has 8 heteroatoms. The summed E-state index contributed by atoms with van der Waals surface area (Å²) in [5.74, 6) is 0.170. The highest BCUT2D eigenvalue weighted by Crippen LogP contribution is 2.32. The third-order valence-electron chi connectivity index (χ3n) is 3.50. The Morgan fingerprint density at radius 1 is 1.29 bits per heavy atom. The van der Waals surface area contributed by atoms with Gasteiger partial charge in [-0.15, -0.1) is 0 Å². The number of nitrogens with one attached hydrogen (secondary N) is 2. The maximum absolute atomic E-state index is 13.3. The molecular formula is C16H13ClFN3O3. The fraction of sp³-hybridized carbons (Fsp3) is 0.0625. The van der Waals surface area contributed by atoms with Crippen molar-refractivity contribution in [1.29, 1.82) is 0 Å². The van der Waals surface area contributed by atoms with Crippen molar-refractivity contribution >= 4 is 39.6 Å². The van der Waals surface area contributed by atoms with E-state index >= 15 is 0 Å². The lowest BCUT2D eigenvalue weighted by Gasteiger charge is -2.17. The molecule has 6 nitrogen and oxygen atoms in total. The van der Waals surface area contributed by atoms with Crippen LogP contribution >= 0.6 is 11.6 Å². The highest BCUT2D eigenvalue weighted by atomic mass is 35.5. The van der Waals surface area contributed by atoms with Crippen molar-refractivity contribution < 1.29 is 19.6 Å². The largest absolute Gasteiger partial charge is 0.595 e. The number of benzene rings is 2. The molecule has 0 fully saturated rings. The van der Waals surface area contributed by atoms with E-state index in [9.17, 15) is 14.8 Å². The Hall–Kier alpha value is -2.45. The van der Waals surface area contributed by atoms with Crippen molar-refractivity contribution in [2.45, 2.75) is 0 Å². The number of halogens is 2. The fourth-order valence-corrected chi connectivity index (χ4v) is 2.53. The number of nitrogens with zero attached hydrogens (tertiary/aromatic N) is 1. The highest BCUT2D eigenvalue weighted by molar-refractivity contribution is 6.31. The molecule has 2 aromatic carbocycles. The van der Waals surface area contributed by atoms with E-state index in [2.05, 4.69) is 10.3 Å². The summed E-state index contributed by atoms with van der Waals surface area (Å²) in [5.41, 5.74) is 0.562. The molecule has 3 rings (SSSR count). The monoisotopic (exact) mass is 349 g/mol. The van der Waals surface area contributed by atoms with E-state index in [1.165, 1.54) is 31.4 Å². The Balaban J connectivity index is 2.10. The summed E-state index contributed by atoms with van der Waals surface area (Å²) in [6, 6.07) is 9.04. The lowest BCUT2D eigenvalue weighted by molar-refractivity contribution is -0.991. The van der Waals surface area contributed by atoms with Gasteiger partial charge in [0.05, 0.1) is 12.1 Å². The van der Waals surface area contributed by atoms with E-state index in [0.717, 1.165) is 5.39 Å². The van der Waals surface area contributed by atoms with Crippen LogP contribution in [0.1, 0.15) is 0 Å². The average Bonchev–Trinajstić information content (AvgIpc) is 2.57. The van der Waals surface area contributed by atoms with Crippen molar-refractivity contribution in [3.63, 3.8) is 0 Å². The molecule has 0 amide bonds. The number of quaternary nitrogens is 1. The zero-order valence-electron chi connectivity index (χ0n) is 12.5. The van der Waals surface area contributed by atoms with Crippen LogP contribution in [-0.2, 0) is 0 Å². The first-order valence-corrected chi connectivity index (χ1v) is 7.29. The molecule has 0 saturated carbocycles. The standard InChI is InChI=1S/C16H13ClFN3O3/c1-24-15-6-9-4-5-19-16(11(9)8-14(15)21(22)23)20-10-2-3-13(18)12(17)7-10/h2-8,21-22H,1H3,(H,19,20). The molecule has 1 aromatic heterocycles. The summed E-state index contributed by atoms with van der Waals surface area (Å²) in [6.45, 7) is 0. The molecule has 0 spiro atoms. The van der Waals surface area contributed by atoms with Crippen LogP contribution in [0.15, 0.2) is 42.6 Å². The minimum absolute atomic E-state index is 0.0202. The molecule has 0 bridgehead atoms. The van der Waals surface area contributed by atoms with Gasteiger partial charge < -0.3 is 15.3 Å². The number of ether oxygens (including phenoxy) is 1. The number of methoxy groups -OCH3 is 1. The van der Waals surface area contributed by atoms with E-state index in [4.69, 9.17) is 16.3 Å². The molecule has 0 aliphatic rings. The van der Waals surface area contributed by atoms with Crippen molar-refractivity contribution in [3.05, 3.63) is 58.6 Å². The van der Waals surface area contributed by atoms with Crippen LogP contribution in [0.4, 0.5) is 21.6 Å². The Bertz CT molecular complexity index is 905. The second-order valence-corrected chi connectivity index (χ2v) is 5.40. The molecule has 0 aliphatic carbocycles. The third kappa shape index (κ3) is 3.10. The molecule has 0 saturated heterocycles. The molecular weight excluding hydrogens is 337 g/mol. The molecule has 0 aliphatic heterocycles. The SMILES string of the molecule is COc1cc2ccnc(Nc3ccc(F)c(Cl)c3)c2cc1[NH+]([O-])O. The van der Waals surface area contributed by atoms with Crippen LogP contribution in [0.3, 0.4) is 0 Å². The van der Waals surface area contributed by atoms with Gasteiger partial charge in [0.15, 0.2) is 5.75 Å². The van der Waals surface area contributed by atoms with E-state index in [1.807, 2.05) is 0 Å². The van der Waals surface area contributed by atoms with Gasteiger partial charge in [0.25, 0.3) is 0 Å². The zero-order chi connectivity index (χ0) is 17.3. The number of aromatic nitrogens is 1. The van der Waals surface area contributed by atoms with E-state index in [1.54, 1.807) is 18.3 Å². The molecule has 24 heavy (non-hydrogen) atoms. The molecule has 1 atom stereocenters. The Morgan fingerprint density at radius 2 is 2.08 bits per heavy atom. The first-order valence-electron chi connectivity index (χ1n) is 6.91. The van der Waals surface area contributed by atoms with Crippen molar-refractivity contribution in [3.8, 4) is 5.75 Å². The maximum atomic E-state index is 13.3. The second kappa shape index (κ2) is 6.58. The lowest BCUT2D eigenvalue weighted by Crippen LogP contribution is -2.99. The minimum atomic E-state index is -1.10. The third-order valence-corrected chi connectivity index (χ3v) is 3.79. The zero-order valence-corrected chi connectivity index (χ0v) is 13.3. The number of anilines is 2. The number of fused-ring (bicyclic) bond motifs is 1. The highest BCUT2D eigenvalue weighted by Gasteiger charge is 2.14. The Labute approximate surface area is 141 Å². The molecule has 124 valence electrons. The maximum Gasteiger partial charge on any atom is 0.206 e. The Kier molecular flexibility index (Phi) is 4.50. The molecule has 0 radical (unpaired) electrons. The van der Waals surface area contributed by atoms with Crippen LogP contribution in [0, 0.1) is 11.0 Å². The van der Waals surface area contributed by atoms with Crippen LogP contribution < -0.4 is 15.3 Å². The first kappa shape index (κ1) is 16.4. The summed E-state index contributed by atoms with van der Waals surface area (Å²) >= 11 is 5.77. The van der Waals surface area contributed by atoms with Crippen LogP contribution in [-0.4, -0.2) is 17.3 Å². The van der Waals surface area contributed by atoms with Crippen LogP contribution in [0.2, 0.25) is 5.02 Å². The van der Waals surface area contributed by atoms with Crippen LogP contribution in [0.5, 0.6) is 5.75 Å². The van der Waals surface area contributed by atoms with E-state index in [-0.39, 0.29) is 16.5 Å².